The van der Waals surface area contributed by atoms with Crippen molar-refractivity contribution in [2.75, 3.05) is 0 Å². The van der Waals surface area contributed by atoms with Gasteiger partial charge in [-0.2, -0.15) is 0 Å². The first-order valence-corrected chi connectivity index (χ1v) is 8.83. The van der Waals surface area contributed by atoms with Gasteiger partial charge in [0.15, 0.2) is 0 Å². The first kappa shape index (κ1) is 17.1. The number of nitrogens with zero attached hydrogens (tertiary/aromatic N) is 3. The third-order valence-corrected chi connectivity index (χ3v) is 5.01. The molecule has 0 radical (unpaired) electrons. The zero-order chi connectivity index (χ0) is 19.3. The molecule has 5 heteroatoms. The third kappa shape index (κ3) is 2.63. The van der Waals surface area contributed by atoms with Crippen LogP contribution in [-0.2, 0) is 14.1 Å². The first-order valence-electron chi connectivity index (χ1n) is 8.83. The fraction of sp³-hybridized carbons (Fsp3) is 0.182. The molecule has 27 heavy (non-hydrogen) atoms. The highest BCUT2D eigenvalue weighted by atomic mass is 16.2. The zero-order valence-electron chi connectivity index (χ0n) is 15.9. The molecule has 2 aromatic heterocycles. The molecule has 0 saturated carbocycles. The molecule has 0 bridgehead atoms. The largest absolute Gasteiger partial charge is 0.330 e. The Balaban J connectivity index is 2.23. The van der Waals surface area contributed by atoms with E-state index in [-0.39, 0.29) is 11.2 Å². The molecule has 0 aliphatic carbocycles. The highest BCUT2D eigenvalue weighted by Gasteiger charge is 2.20. The Morgan fingerprint density at radius 3 is 2.15 bits per heavy atom. The van der Waals surface area contributed by atoms with Gasteiger partial charge in [-0.05, 0) is 43.2 Å². The van der Waals surface area contributed by atoms with Crippen LogP contribution >= 0.6 is 0 Å². The van der Waals surface area contributed by atoms with E-state index in [1.54, 1.807) is 7.05 Å². The average molecular weight is 359 g/mol. The Bertz CT molecular complexity index is 1310. The predicted octanol–water partition coefficient (Wildman–Crippen LogP) is 3.31. The van der Waals surface area contributed by atoms with E-state index in [1.165, 1.54) is 16.2 Å². The lowest BCUT2D eigenvalue weighted by atomic mass is 10.1. The van der Waals surface area contributed by atoms with Gasteiger partial charge in [0, 0.05) is 26.0 Å². The standard InChI is InChI=1S/C22H21N3O2/c1-14-7-5-9-16(11-14)20-19-18(23(3)22(27)24(4)21(19)26)13-25(20)17-10-6-8-15(2)12-17/h5-13H,1-4H3. The van der Waals surface area contributed by atoms with Gasteiger partial charge in [-0.3, -0.25) is 13.9 Å². The van der Waals surface area contributed by atoms with E-state index in [2.05, 4.69) is 12.1 Å². The van der Waals surface area contributed by atoms with Gasteiger partial charge in [0.2, 0.25) is 0 Å². The van der Waals surface area contributed by atoms with Crippen LogP contribution in [0.5, 0.6) is 0 Å². The van der Waals surface area contributed by atoms with Gasteiger partial charge < -0.3 is 4.57 Å². The minimum absolute atomic E-state index is 0.281. The van der Waals surface area contributed by atoms with Crippen molar-refractivity contribution in [2.24, 2.45) is 14.1 Å². The summed E-state index contributed by atoms with van der Waals surface area (Å²) in [5.74, 6) is 0. The topological polar surface area (TPSA) is 48.9 Å². The maximum absolute atomic E-state index is 13.0. The predicted molar refractivity (Wildman–Crippen MR) is 109 cm³/mol. The minimum Gasteiger partial charge on any atom is -0.314 e. The molecule has 4 aromatic rings. The van der Waals surface area contributed by atoms with Gasteiger partial charge in [0.25, 0.3) is 5.56 Å². The number of aromatic nitrogens is 3. The van der Waals surface area contributed by atoms with Crippen LogP contribution < -0.4 is 11.2 Å². The summed E-state index contributed by atoms with van der Waals surface area (Å²) in [6.07, 6.45) is 1.88. The van der Waals surface area contributed by atoms with Gasteiger partial charge in [0.1, 0.15) is 0 Å². The molecule has 0 aliphatic rings. The maximum atomic E-state index is 13.0. The quantitative estimate of drug-likeness (QED) is 0.551. The monoisotopic (exact) mass is 359 g/mol. The van der Waals surface area contributed by atoms with Crippen molar-refractivity contribution >= 4 is 10.9 Å². The highest BCUT2D eigenvalue weighted by molar-refractivity contribution is 5.94. The molecule has 2 aromatic carbocycles. The summed E-state index contributed by atoms with van der Waals surface area (Å²) in [6, 6.07) is 16.2. The third-order valence-electron chi connectivity index (χ3n) is 5.01. The summed E-state index contributed by atoms with van der Waals surface area (Å²) in [5.41, 5.74) is 4.96. The fourth-order valence-corrected chi connectivity index (χ4v) is 3.60. The van der Waals surface area contributed by atoms with Crippen LogP contribution in [0.1, 0.15) is 11.1 Å². The van der Waals surface area contributed by atoms with Crippen molar-refractivity contribution in [2.45, 2.75) is 13.8 Å². The summed E-state index contributed by atoms with van der Waals surface area (Å²) in [4.78, 5) is 25.5. The Kier molecular flexibility index (Phi) is 3.88. The van der Waals surface area contributed by atoms with Gasteiger partial charge in [-0.1, -0.05) is 35.9 Å². The maximum Gasteiger partial charge on any atom is 0.330 e. The SMILES string of the molecule is Cc1cccc(-c2c3c(=O)n(C)c(=O)n(C)c3cn2-c2cccc(C)c2)c1. The minimum atomic E-state index is -0.329. The summed E-state index contributed by atoms with van der Waals surface area (Å²) < 4.78 is 4.71. The second-order valence-electron chi connectivity index (χ2n) is 7.02. The van der Waals surface area contributed by atoms with Crippen molar-refractivity contribution in [1.82, 2.24) is 13.7 Å². The van der Waals surface area contributed by atoms with Crippen LogP contribution in [-0.4, -0.2) is 13.7 Å². The highest BCUT2D eigenvalue weighted by Crippen LogP contribution is 2.31. The average Bonchev–Trinajstić information content (AvgIpc) is 3.05. The lowest BCUT2D eigenvalue weighted by Crippen LogP contribution is -2.36. The lowest BCUT2D eigenvalue weighted by molar-refractivity contribution is 0.714. The molecule has 0 saturated heterocycles. The Labute approximate surface area is 156 Å². The number of rotatable bonds is 2. The molecular formula is C22H21N3O2. The zero-order valence-corrected chi connectivity index (χ0v) is 15.9. The number of benzene rings is 2. The normalized spacial score (nSPS) is 11.3. The second kappa shape index (κ2) is 6.13. The van der Waals surface area contributed by atoms with E-state index in [0.29, 0.717) is 10.9 Å². The van der Waals surface area contributed by atoms with Crippen molar-refractivity contribution < 1.29 is 0 Å². The molecular weight excluding hydrogens is 338 g/mol. The molecule has 0 atom stereocenters. The molecule has 0 N–H and O–H groups in total. The van der Waals surface area contributed by atoms with Crippen molar-refractivity contribution in [3.8, 4) is 16.9 Å². The summed E-state index contributed by atoms with van der Waals surface area (Å²) in [6.45, 7) is 4.06. The van der Waals surface area contributed by atoms with Gasteiger partial charge >= 0.3 is 5.69 Å². The molecule has 5 nitrogen and oxygen atoms in total. The summed E-state index contributed by atoms with van der Waals surface area (Å²) in [5, 5.41) is 0.548. The Hall–Kier alpha value is -3.34. The van der Waals surface area contributed by atoms with Crippen molar-refractivity contribution in [3.05, 3.63) is 86.7 Å². The van der Waals surface area contributed by atoms with Gasteiger partial charge in [0.05, 0.1) is 16.6 Å². The van der Waals surface area contributed by atoms with Gasteiger partial charge in [-0.15, -0.1) is 0 Å². The van der Waals surface area contributed by atoms with Crippen molar-refractivity contribution in [1.29, 1.82) is 0 Å². The number of aryl methyl sites for hydroxylation is 3. The van der Waals surface area contributed by atoms with Crippen LogP contribution in [0.2, 0.25) is 0 Å². The number of hydrogen-bond donors (Lipinski definition) is 0. The van der Waals surface area contributed by atoms with E-state index in [0.717, 1.165) is 28.1 Å². The van der Waals surface area contributed by atoms with Crippen LogP contribution in [0.15, 0.2) is 64.3 Å². The van der Waals surface area contributed by atoms with Gasteiger partial charge in [-0.25, -0.2) is 4.79 Å². The van der Waals surface area contributed by atoms with E-state index in [4.69, 9.17) is 0 Å². The second-order valence-corrected chi connectivity index (χ2v) is 7.02. The molecule has 0 amide bonds. The van der Waals surface area contributed by atoms with Crippen molar-refractivity contribution in [3.63, 3.8) is 0 Å². The number of fused-ring (bicyclic) bond motifs is 1. The summed E-state index contributed by atoms with van der Waals surface area (Å²) in [7, 11) is 3.22. The molecule has 0 fully saturated rings. The van der Waals surface area contributed by atoms with E-state index >= 15 is 0 Å². The Morgan fingerprint density at radius 2 is 1.48 bits per heavy atom. The summed E-state index contributed by atoms with van der Waals surface area (Å²) >= 11 is 0. The van der Waals surface area contributed by atoms with E-state index in [9.17, 15) is 9.59 Å². The van der Waals surface area contributed by atoms with E-state index in [1.807, 2.05) is 61.0 Å². The smallest absolute Gasteiger partial charge is 0.314 e. The molecule has 0 spiro atoms. The van der Waals surface area contributed by atoms with E-state index < -0.39 is 0 Å². The lowest BCUT2D eigenvalue weighted by Gasteiger charge is -2.11. The first-order chi connectivity index (χ1) is 12.9. The van der Waals surface area contributed by atoms with Crippen LogP contribution in [0.3, 0.4) is 0 Å². The fourth-order valence-electron chi connectivity index (χ4n) is 3.60. The van der Waals surface area contributed by atoms with Crippen LogP contribution in [0.25, 0.3) is 27.8 Å². The molecule has 2 heterocycles. The van der Waals surface area contributed by atoms with Crippen LogP contribution in [0, 0.1) is 13.8 Å². The molecule has 136 valence electrons. The molecule has 4 rings (SSSR count). The van der Waals surface area contributed by atoms with Crippen LogP contribution in [0.4, 0.5) is 0 Å². The molecule has 0 unspecified atom stereocenters. The molecule has 0 aliphatic heterocycles. The Morgan fingerprint density at radius 1 is 0.815 bits per heavy atom. The number of hydrogen-bond acceptors (Lipinski definition) is 2.